The molecule has 0 spiro atoms. The number of nitrogens with zero attached hydrogens (tertiary/aromatic N) is 3. The average molecular weight is 550 g/mol. The van der Waals surface area contributed by atoms with E-state index in [2.05, 4.69) is 46.1 Å². The van der Waals surface area contributed by atoms with Crippen molar-refractivity contribution in [1.29, 1.82) is 0 Å². The van der Waals surface area contributed by atoms with Crippen LogP contribution in [0.5, 0.6) is 0 Å². The molecule has 1 fully saturated rings. The molecule has 10 nitrogen and oxygen atoms in total. The molecule has 10 heteroatoms. The van der Waals surface area contributed by atoms with E-state index in [0.29, 0.717) is 65.9 Å². The van der Waals surface area contributed by atoms with Gasteiger partial charge in [0, 0.05) is 51.0 Å². The van der Waals surface area contributed by atoms with E-state index >= 15 is 0 Å². The Balaban J connectivity index is 1.10. The van der Waals surface area contributed by atoms with Crippen molar-refractivity contribution in [2.24, 2.45) is 0 Å². The lowest BCUT2D eigenvalue weighted by atomic mass is 10.2. The maximum Gasteiger partial charge on any atom is 0.139 e. The van der Waals surface area contributed by atoms with Crippen molar-refractivity contribution in [3.63, 3.8) is 0 Å². The molecule has 0 radical (unpaired) electrons. The normalized spacial score (nSPS) is 14.4. The molecular weight excluding hydrogens is 502 g/mol. The largest absolute Gasteiger partial charge is 0.394 e. The maximum absolute atomic E-state index is 8.60. The van der Waals surface area contributed by atoms with Gasteiger partial charge >= 0.3 is 0 Å². The molecule has 1 aliphatic rings. The summed E-state index contributed by atoms with van der Waals surface area (Å²) in [6.07, 6.45) is 2.86. The van der Waals surface area contributed by atoms with Gasteiger partial charge in [0.05, 0.1) is 66.1 Å². The summed E-state index contributed by atoms with van der Waals surface area (Å²) in [4.78, 5) is 5.03. The molecule has 1 N–H and O–H groups in total. The Bertz CT molecular complexity index is 857. The van der Waals surface area contributed by atoms with E-state index in [4.69, 9.17) is 33.3 Å². The van der Waals surface area contributed by atoms with Crippen molar-refractivity contribution < 1.29 is 33.3 Å². The van der Waals surface area contributed by atoms with Gasteiger partial charge in [-0.2, -0.15) is 0 Å². The van der Waals surface area contributed by atoms with Crippen LogP contribution in [0.2, 0.25) is 0 Å². The van der Waals surface area contributed by atoms with Gasteiger partial charge in [-0.3, -0.25) is 4.90 Å². The van der Waals surface area contributed by atoms with Gasteiger partial charge in [-0.15, -0.1) is 0 Å². The first-order valence-electron chi connectivity index (χ1n) is 14.2. The van der Waals surface area contributed by atoms with Gasteiger partial charge < -0.3 is 38.2 Å². The van der Waals surface area contributed by atoms with Crippen molar-refractivity contribution >= 4 is 5.69 Å². The standard InChI is InChI=1S/C29H47N3O7/c1-26-4-6-28(7-5-26)32-12-10-31(11-13-32)9-2-3-15-38-25-27-24-29(39-30-27)8-16-34-18-20-36-22-23-37-21-19-35-17-14-33/h4-7,24,33H,2-3,8-23,25H2,1H3. The number of benzene rings is 1. The van der Waals surface area contributed by atoms with Gasteiger partial charge in [0.2, 0.25) is 0 Å². The Hall–Kier alpha value is -2.05. The van der Waals surface area contributed by atoms with Crippen LogP contribution in [0.25, 0.3) is 0 Å². The number of rotatable bonds is 22. The zero-order chi connectivity index (χ0) is 27.4. The minimum Gasteiger partial charge on any atom is -0.394 e. The Labute approximate surface area is 233 Å². The highest BCUT2D eigenvalue weighted by Gasteiger charge is 2.16. The first-order valence-corrected chi connectivity index (χ1v) is 14.2. The summed E-state index contributed by atoms with van der Waals surface area (Å²) in [5.74, 6) is 0.802. The smallest absolute Gasteiger partial charge is 0.139 e. The van der Waals surface area contributed by atoms with E-state index < -0.39 is 0 Å². The summed E-state index contributed by atoms with van der Waals surface area (Å²) in [5, 5.41) is 12.7. The summed E-state index contributed by atoms with van der Waals surface area (Å²) >= 11 is 0. The quantitative estimate of drug-likeness (QED) is 0.221. The van der Waals surface area contributed by atoms with Gasteiger partial charge in [-0.25, -0.2) is 0 Å². The topological polar surface area (TPSA) is 98.9 Å². The zero-order valence-electron chi connectivity index (χ0n) is 23.6. The molecule has 220 valence electrons. The van der Waals surface area contributed by atoms with Crippen LogP contribution in [0.1, 0.15) is 29.9 Å². The molecule has 0 saturated carbocycles. The summed E-state index contributed by atoms with van der Waals surface area (Å²) in [6, 6.07) is 10.8. The number of aryl methyl sites for hydroxylation is 1. The summed E-state index contributed by atoms with van der Waals surface area (Å²) in [7, 11) is 0. The highest BCUT2D eigenvalue weighted by Crippen LogP contribution is 2.17. The lowest BCUT2D eigenvalue weighted by molar-refractivity contribution is -0.00549. The molecule has 1 aromatic heterocycles. The molecule has 0 unspecified atom stereocenters. The summed E-state index contributed by atoms with van der Waals surface area (Å²) in [5.41, 5.74) is 3.46. The Morgan fingerprint density at radius 3 is 2.08 bits per heavy atom. The second kappa shape index (κ2) is 19.9. The van der Waals surface area contributed by atoms with Crippen molar-refractivity contribution in [2.75, 3.05) is 104 Å². The van der Waals surface area contributed by atoms with Crippen molar-refractivity contribution in [2.45, 2.75) is 32.8 Å². The van der Waals surface area contributed by atoms with Crippen LogP contribution in [0, 0.1) is 6.92 Å². The van der Waals surface area contributed by atoms with E-state index in [1.54, 1.807) is 0 Å². The number of piperazine rings is 1. The number of hydrogen-bond acceptors (Lipinski definition) is 10. The molecule has 0 atom stereocenters. The number of aromatic nitrogens is 1. The van der Waals surface area contributed by atoms with Gasteiger partial charge in [0.15, 0.2) is 0 Å². The molecule has 1 aliphatic heterocycles. The molecule has 2 heterocycles. The molecule has 39 heavy (non-hydrogen) atoms. The van der Waals surface area contributed by atoms with Gasteiger partial charge in [0.25, 0.3) is 0 Å². The van der Waals surface area contributed by atoms with E-state index in [-0.39, 0.29) is 6.61 Å². The van der Waals surface area contributed by atoms with Crippen LogP contribution in [0.4, 0.5) is 5.69 Å². The maximum atomic E-state index is 8.60. The van der Waals surface area contributed by atoms with Crippen LogP contribution >= 0.6 is 0 Å². The van der Waals surface area contributed by atoms with Crippen LogP contribution < -0.4 is 4.90 Å². The molecule has 0 bridgehead atoms. The SMILES string of the molecule is Cc1ccc(N2CCN(CCCCOCc3cc(CCOCCOCCOCCOCCO)on3)CC2)cc1. The summed E-state index contributed by atoms with van der Waals surface area (Å²) in [6.45, 7) is 12.8. The minimum absolute atomic E-state index is 0.0321. The zero-order valence-corrected chi connectivity index (χ0v) is 23.6. The number of aliphatic hydroxyl groups is 1. The monoisotopic (exact) mass is 549 g/mol. The van der Waals surface area contributed by atoms with Crippen LogP contribution in [-0.2, 0) is 36.7 Å². The lowest BCUT2D eigenvalue weighted by Gasteiger charge is -2.36. The molecular formula is C29H47N3O7. The second-order valence-corrected chi connectivity index (χ2v) is 9.63. The van der Waals surface area contributed by atoms with E-state index in [1.165, 1.54) is 11.3 Å². The van der Waals surface area contributed by atoms with E-state index in [9.17, 15) is 0 Å². The number of hydrogen-bond donors (Lipinski definition) is 1. The Kier molecular flexibility index (Phi) is 16.1. The minimum atomic E-state index is 0.0321. The molecule has 3 rings (SSSR count). The van der Waals surface area contributed by atoms with E-state index in [1.807, 2.05) is 6.07 Å². The molecule has 1 saturated heterocycles. The number of unbranched alkanes of at least 4 members (excludes halogenated alkanes) is 1. The highest BCUT2D eigenvalue weighted by molar-refractivity contribution is 5.47. The molecule has 1 aromatic carbocycles. The first-order chi connectivity index (χ1) is 19.2. The fourth-order valence-electron chi connectivity index (χ4n) is 4.24. The molecule has 0 aliphatic carbocycles. The van der Waals surface area contributed by atoms with Gasteiger partial charge in [0.1, 0.15) is 11.5 Å². The first kappa shape index (κ1) is 31.5. The van der Waals surface area contributed by atoms with Crippen molar-refractivity contribution in [1.82, 2.24) is 10.1 Å². The molecule has 0 amide bonds. The fourth-order valence-corrected chi connectivity index (χ4v) is 4.24. The van der Waals surface area contributed by atoms with E-state index in [0.717, 1.165) is 63.6 Å². The number of anilines is 1. The van der Waals surface area contributed by atoms with Crippen LogP contribution in [-0.4, -0.2) is 114 Å². The fraction of sp³-hybridized carbons (Fsp3) is 0.690. The lowest BCUT2D eigenvalue weighted by Crippen LogP contribution is -2.46. The Morgan fingerprint density at radius 1 is 0.769 bits per heavy atom. The average Bonchev–Trinajstić information content (AvgIpc) is 3.41. The second-order valence-electron chi connectivity index (χ2n) is 9.63. The molecule has 2 aromatic rings. The third-order valence-electron chi connectivity index (χ3n) is 6.49. The predicted octanol–water partition coefficient (Wildman–Crippen LogP) is 2.70. The third kappa shape index (κ3) is 13.7. The third-order valence-corrected chi connectivity index (χ3v) is 6.49. The van der Waals surface area contributed by atoms with Gasteiger partial charge in [-0.1, -0.05) is 22.9 Å². The Morgan fingerprint density at radius 2 is 1.41 bits per heavy atom. The van der Waals surface area contributed by atoms with Crippen molar-refractivity contribution in [3.8, 4) is 0 Å². The van der Waals surface area contributed by atoms with Crippen LogP contribution in [0.3, 0.4) is 0 Å². The number of ether oxygens (including phenoxy) is 5. The van der Waals surface area contributed by atoms with Crippen molar-refractivity contribution in [3.05, 3.63) is 47.3 Å². The van der Waals surface area contributed by atoms with Crippen LogP contribution in [0.15, 0.2) is 34.9 Å². The summed E-state index contributed by atoms with van der Waals surface area (Å²) < 4.78 is 32.7. The predicted molar refractivity (Wildman–Crippen MR) is 149 cm³/mol. The highest BCUT2D eigenvalue weighted by atomic mass is 16.6. The number of aliphatic hydroxyl groups excluding tert-OH is 1. The van der Waals surface area contributed by atoms with Gasteiger partial charge in [-0.05, 0) is 38.4 Å².